The highest BCUT2D eigenvalue weighted by molar-refractivity contribution is 8.15. The lowest BCUT2D eigenvalue weighted by Crippen LogP contribution is -2.33. The summed E-state index contributed by atoms with van der Waals surface area (Å²) in [6.45, 7) is 7.98. The SMILES string of the molecule is C=CCN1C(=O)[C@@H](CC(=O)Nc2cc(C)ccc2C)SC1=Nc1ccc(OC)cc1. The van der Waals surface area contributed by atoms with Crippen LogP contribution in [0, 0.1) is 13.8 Å². The number of methoxy groups -OCH3 is 1. The van der Waals surface area contributed by atoms with Crippen molar-refractivity contribution in [2.75, 3.05) is 19.0 Å². The third kappa shape index (κ3) is 5.10. The van der Waals surface area contributed by atoms with Crippen molar-refractivity contribution in [3.8, 4) is 5.75 Å². The molecule has 156 valence electrons. The van der Waals surface area contributed by atoms with Crippen molar-refractivity contribution in [1.82, 2.24) is 4.90 Å². The molecule has 0 aliphatic carbocycles. The lowest BCUT2D eigenvalue weighted by atomic mass is 10.1. The van der Waals surface area contributed by atoms with Gasteiger partial charge in [-0.3, -0.25) is 14.5 Å². The fourth-order valence-electron chi connectivity index (χ4n) is 3.03. The number of aliphatic imine (C=N–C) groups is 1. The van der Waals surface area contributed by atoms with E-state index in [1.165, 1.54) is 11.8 Å². The number of benzene rings is 2. The second-order valence-corrected chi connectivity index (χ2v) is 8.18. The monoisotopic (exact) mass is 423 g/mol. The Morgan fingerprint density at radius 3 is 2.67 bits per heavy atom. The number of rotatable bonds is 7. The van der Waals surface area contributed by atoms with Gasteiger partial charge in [0.25, 0.3) is 0 Å². The van der Waals surface area contributed by atoms with Crippen molar-refractivity contribution >= 4 is 40.1 Å². The van der Waals surface area contributed by atoms with Gasteiger partial charge in [0, 0.05) is 18.7 Å². The molecule has 1 atom stereocenters. The summed E-state index contributed by atoms with van der Waals surface area (Å²) in [5.74, 6) is 0.403. The second-order valence-electron chi connectivity index (χ2n) is 7.01. The molecule has 1 aliphatic rings. The zero-order chi connectivity index (χ0) is 21.7. The Morgan fingerprint density at radius 1 is 1.27 bits per heavy atom. The topological polar surface area (TPSA) is 71.0 Å². The lowest BCUT2D eigenvalue weighted by molar-refractivity contribution is -0.127. The van der Waals surface area contributed by atoms with Crippen LogP contribution in [0.25, 0.3) is 0 Å². The van der Waals surface area contributed by atoms with E-state index in [4.69, 9.17) is 4.74 Å². The average molecular weight is 424 g/mol. The Hall–Kier alpha value is -3.06. The second kappa shape index (κ2) is 9.63. The summed E-state index contributed by atoms with van der Waals surface area (Å²) >= 11 is 1.30. The van der Waals surface area contributed by atoms with Gasteiger partial charge in [-0.2, -0.15) is 0 Å². The van der Waals surface area contributed by atoms with Crippen LogP contribution in [0.4, 0.5) is 11.4 Å². The maximum Gasteiger partial charge on any atom is 0.242 e. The Balaban J connectivity index is 1.74. The first kappa shape index (κ1) is 21.6. The summed E-state index contributed by atoms with van der Waals surface area (Å²) in [7, 11) is 1.60. The van der Waals surface area contributed by atoms with Gasteiger partial charge in [0.1, 0.15) is 11.0 Å². The maximum atomic E-state index is 12.9. The third-order valence-electron chi connectivity index (χ3n) is 4.67. The molecule has 0 spiro atoms. The Kier molecular flexibility index (Phi) is 6.95. The summed E-state index contributed by atoms with van der Waals surface area (Å²) in [4.78, 5) is 31.7. The summed E-state index contributed by atoms with van der Waals surface area (Å²) in [6, 6.07) is 13.2. The number of aryl methyl sites for hydroxylation is 2. The van der Waals surface area contributed by atoms with Gasteiger partial charge in [-0.05, 0) is 55.3 Å². The van der Waals surface area contributed by atoms with Crippen LogP contribution < -0.4 is 10.1 Å². The molecule has 1 aliphatic heterocycles. The number of amides is 2. The van der Waals surface area contributed by atoms with E-state index in [2.05, 4.69) is 16.9 Å². The molecule has 7 heteroatoms. The number of anilines is 1. The minimum atomic E-state index is -0.521. The zero-order valence-corrected chi connectivity index (χ0v) is 18.2. The first-order chi connectivity index (χ1) is 14.4. The van der Waals surface area contributed by atoms with Crippen LogP contribution in [0.5, 0.6) is 5.75 Å². The van der Waals surface area contributed by atoms with Gasteiger partial charge >= 0.3 is 0 Å². The predicted molar refractivity (Wildman–Crippen MR) is 123 cm³/mol. The molecule has 2 amide bonds. The molecule has 0 radical (unpaired) electrons. The predicted octanol–water partition coefficient (Wildman–Crippen LogP) is 4.46. The highest BCUT2D eigenvalue weighted by Gasteiger charge is 2.38. The molecular weight excluding hydrogens is 398 g/mol. The van der Waals surface area contributed by atoms with E-state index in [0.29, 0.717) is 17.4 Å². The third-order valence-corrected chi connectivity index (χ3v) is 5.84. The number of hydrogen-bond acceptors (Lipinski definition) is 5. The quantitative estimate of drug-likeness (QED) is 0.668. The van der Waals surface area contributed by atoms with Crippen molar-refractivity contribution in [1.29, 1.82) is 0 Å². The summed E-state index contributed by atoms with van der Waals surface area (Å²) in [6.07, 6.45) is 1.73. The molecule has 2 aromatic carbocycles. The number of nitrogens with zero attached hydrogens (tertiary/aromatic N) is 2. The zero-order valence-electron chi connectivity index (χ0n) is 17.3. The lowest BCUT2D eigenvalue weighted by Gasteiger charge is -2.14. The van der Waals surface area contributed by atoms with E-state index in [1.54, 1.807) is 18.1 Å². The average Bonchev–Trinajstić information content (AvgIpc) is 3.00. The smallest absolute Gasteiger partial charge is 0.242 e. The molecule has 2 aromatic rings. The minimum Gasteiger partial charge on any atom is -0.497 e. The first-order valence-corrected chi connectivity index (χ1v) is 10.5. The molecule has 1 fully saturated rings. The Morgan fingerprint density at radius 2 is 2.00 bits per heavy atom. The molecule has 0 saturated carbocycles. The van der Waals surface area contributed by atoms with Crippen LogP contribution in [0.1, 0.15) is 17.5 Å². The largest absolute Gasteiger partial charge is 0.497 e. The fraction of sp³-hybridized carbons (Fsp3) is 0.261. The number of thioether (sulfide) groups is 1. The van der Waals surface area contributed by atoms with Crippen LogP contribution in [-0.4, -0.2) is 40.8 Å². The van der Waals surface area contributed by atoms with Gasteiger partial charge in [-0.15, -0.1) is 6.58 Å². The van der Waals surface area contributed by atoms with E-state index in [0.717, 1.165) is 22.6 Å². The molecular formula is C23H25N3O3S. The fourth-order valence-corrected chi connectivity index (χ4v) is 4.20. The standard InChI is InChI=1S/C23H25N3O3S/c1-5-12-26-22(28)20(14-21(27)25-19-13-15(2)6-7-16(19)3)30-23(26)24-17-8-10-18(29-4)11-9-17/h5-11,13,20H,1,12,14H2,2-4H3,(H,25,27)/t20-/m1/s1. The van der Waals surface area contributed by atoms with Gasteiger partial charge < -0.3 is 10.1 Å². The van der Waals surface area contributed by atoms with E-state index in [9.17, 15) is 9.59 Å². The van der Waals surface area contributed by atoms with E-state index < -0.39 is 5.25 Å². The van der Waals surface area contributed by atoms with Crippen LogP contribution in [-0.2, 0) is 9.59 Å². The normalized spacial score (nSPS) is 17.3. The Labute approximate surface area is 181 Å². The number of carbonyl (C=O) groups excluding carboxylic acids is 2. The van der Waals surface area contributed by atoms with Gasteiger partial charge in [-0.25, -0.2) is 4.99 Å². The number of hydrogen-bond donors (Lipinski definition) is 1. The summed E-state index contributed by atoms with van der Waals surface area (Å²) in [5, 5.41) is 2.97. The molecule has 0 aromatic heterocycles. The van der Waals surface area contributed by atoms with Gasteiger partial charge in [0.15, 0.2) is 5.17 Å². The van der Waals surface area contributed by atoms with Crippen molar-refractivity contribution in [2.24, 2.45) is 4.99 Å². The number of carbonyl (C=O) groups is 2. The van der Waals surface area contributed by atoms with Gasteiger partial charge in [0.05, 0.1) is 12.8 Å². The highest BCUT2D eigenvalue weighted by Crippen LogP contribution is 2.32. The van der Waals surface area contributed by atoms with Crippen LogP contribution >= 0.6 is 11.8 Å². The van der Waals surface area contributed by atoms with E-state index in [-0.39, 0.29) is 18.2 Å². The summed E-state index contributed by atoms with van der Waals surface area (Å²) in [5.41, 5.74) is 3.52. The number of nitrogens with one attached hydrogen (secondary N) is 1. The minimum absolute atomic E-state index is 0.0756. The van der Waals surface area contributed by atoms with Gasteiger partial charge in [0.2, 0.25) is 11.8 Å². The van der Waals surface area contributed by atoms with E-state index >= 15 is 0 Å². The highest BCUT2D eigenvalue weighted by atomic mass is 32.2. The van der Waals surface area contributed by atoms with Crippen molar-refractivity contribution in [2.45, 2.75) is 25.5 Å². The Bertz CT molecular complexity index is 986. The number of ether oxygens (including phenoxy) is 1. The van der Waals surface area contributed by atoms with Crippen molar-refractivity contribution in [3.63, 3.8) is 0 Å². The van der Waals surface area contributed by atoms with Crippen molar-refractivity contribution < 1.29 is 14.3 Å². The van der Waals surface area contributed by atoms with Crippen LogP contribution in [0.2, 0.25) is 0 Å². The molecule has 0 bridgehead atoms. The van der Waals surface area contributed by atoms with Crippen molar-refractivity contribution in [3.05, 3.63) is 66.2 Å². The van der Waals surface area contributed by atoms with E-state index in [1.807, 2.05) is 56.3 Å². The molecule has 0 unspecified atom stereocenters. The molecule has 3 rings (SSSR count). The van der Waals surface area contributed by atoms with Gasteiger partial charge in [-0.1, -0.05) is 30.0 Å². The molecule has 1 heterocycles. The molecule has 1 saturated heterocycles. The maximum absolute atomic E-state index is 12.9. The number of amidine groups is 1. The van der Waals surface area contributed by atoms with Crippen LogP contribution in [0.15, 0.2) is 60.1 Å². The molecule has 6 nitrogen and oxygen atoms in total. The first-order valence-electron chi connectivity index (χ1n) is 9.60. The summed E-state index contributed by atoms with van der Waals surface area (Å²) < 4.78 is 5.17. The molecule has 1 N–H and O–H groups in total. The van der Waals surface area contributed by atoms with Crippen LogP contribution in [0.3, 0.4) is 0 Å². The molecule has 30 heavy (non-hydrogen) atoms.